The van der Waals surface area contributed by atoms with Crippen LogP contribution < -0.4 is 5.32 Å². The zero-order valence-electron chi connectivity index (χ0n) is 12.4. The first-order valence-electron chi connectivity index (χ1n) is 7.75. The summed E-state index contributed by atoms with van der Waals surface area (Å²) in [6.07, 6.45) is 4.80. The molecular weight excluding hydrogens is 270 g/mol. The lowest BCUT2D eigenvalue weighted by atomic mass is 9.91. The third-order valence-corrected chi connectivity index (χ3v) is 4.32. The summed E-state index contributed by atoms with van der Waals surface area (Å²) in [5.74, 6) is 0.826. The van der Waals surface area contributed by atoms with Crippen molar-refractivity contribution in [2.45, 2.75) is 51.5 Å². The zero-order chi connectivity index (χ0) is 14.8. The van der Waals surface area contributed by atoms with Crippen LogP contribution in [0.15, 0.2) is 4.52 Å². The molecule has 1 aliphatic carbocycles. The molecule has 2 aliphatic rings. The lowest BCUT2D eigenvalue weighted by Gasteiger charge is -2.23. The monoisotopic (exact) mass is 291 g/mol. The molecular formula is C15H21N3O3. The molecule has 2 heterocycles. The minimum absolute atomic E-state index is 0.0278. The summed E-state index contributed by atoms with van der Waals surface area (Å²) >= 11 is 0. The van der Waals surface area contributed by atoms with Crippen LogP contribution in [-0.2, 0) is 17.6 Å². The van der Waals surface area contributed by atoms with E-state index in [0.29, 0.717) is 18.5 Å². The summed E-state index contributed by atoms with van der Waals surface area (Å²) in [7, 11) is 0. The lowest BCUT2D eigenvalue weighted by Crippen LogP contribution is -2.39. The minimum atomic E-state index is -0.0278. The van der Waals surface area contributed by atoms with E-state index >= 15 is 0 Å². The second kappa shape index (κ2) is 5.87. The van der Waals surface area contributed by atoms with Crippen LogP contribution in [0.4, 0.5) is 0 Å². The highest BCUT2D eigenvalue weighted by Crippen LogP contribution is 2.26. The molecule has 6 nitrogen and oxygen atoms in total. The number of nitrogens with one attached hydrogen (secondary N) is 1. The average molecular weight is 291 g/mol. The van der Waals surface area contributed by atoms with Crippen molar-refractivity contribution in [3.05, 3.63) is 17.0 Å². The number of carbonyl (C=O) groups is 2. The zero-order valence-corrected chi connectivity index (χ0v) is 12.4. The fraction of sp³-hybridized carbons (Fsp3) is 0.667. The summed E-state index contributed by atoms with van der Waals surface area (Å²) in [5, 5.41) is 7.00. The SMILES string of the molecule is CCC(=O)NC1CCc2onc(C(=O)N3CCCC3)c2C1. The van der Waals surface area contributed by atoms with E-state index in [4.69, 9.17) is 4.52 Å². The van der Waals surface area contributed by atoms with E-state index in [1.165, 1.54) is 0 Å². The molecule has 1 aliphatic heterocycles. The van der Waals surface area contributed by atoms with Gasteiger partial charge in [-0.2, -0.15) is 0 Å². The van der Waals surface area contributed by atoms with E-state index in [9.17, 15) is 9.59 Å². The molecule has 21 heavy (non-hydrogen) atoms. The van der Waals surface area contributed by atoms with Crippen molar-refractivity contribution in [3.8, 4) is 0 Å². The van der Waals surface area contributed by atoms with Crippen molar-refractivity contribution in [1.82, 2.24) is 15.4 Å². The van der Waals surface area contributed by atoms with Crippen LogP contribution in [-0.4, -0.2) is 41.0 Å². The van der Waals surface area contributed by atoms with E-state index in [1.54, 1.807) is 0 Å². The van der Waals surface area contributed by atoms with Gasteiger partial charge in [0.05, 0.1) is 0 Å². The van der Waals surface area contributed by atoms with Crippen LogP contribution in [0.5, 0.6) is 0 Å². The van der Waals surface area contributed by atoms with E-state index in [0.717, 1.165) is 50.1 Å². The molecule has 1 saturated heterocycles. The van der Waals surface area contributed by atoms with Gasteiger partial charge >= 0.3 is 0 Å². The van der Waals surface area contributed by atoms with Crippen LogP contribution >= 0.6 is 0 Å². The minimum Gasteiger partial charge on any atom is -0.360 e. The Hall–Kier alpha value is -1.85. The largest absolute Gasteiger partial charge is 0.360 e. The number of fused-ring (bicyclic) bond motifs is 1. The van der Waals surface area contributed by atoms with Gasteiger partial charge in [0, 0.05) is 37.5 Å². The van der Waals surface area contributed by atoms with Crippen LogP contribution in [0.1, 0.15) is 54.4 Å². The maximum Gasteiger partial charge on any atom is 0.276 e. The van der Waals surface area contributed by atoms with Gasteiger partial charge in [-0.25, -0.2) is 0 Å². The van der Waals surface area contributed by atoms with Crippen LogP contribution in [0.25, 0.3) is 0 Å². The number of hydrogen-bond donors (Lipinski definition) is 1. The maximum atomic E-state index is 12.5. The second-order valence-electron chi connectivity index (χ2n) is 5.79. The van der Waals surface area contributed by atoms with Gasteiger partial charge in [0.1, 0.15) is 5.76 Å². The van der Waals surface area contributed by atoms with Gasteiger partial charge in [-0.1, -0.05) is 12.1 Å². The molecule has 0 spiro atoms. The number of aromatic nitrogens is 1. The summed E-state index contributed by atoms with van der Waals surface area (Å²) in [6.45, 7) is 3.44. The van der Waals surface area contributed by atoms with Crippen molar-refractivity contribution in [3.63, 3.8) is 0 Å². The molecule has 0 bridgehead atoms. The van der Waals surface area contributed by atoms with Gasteiger partial charge in [0.25, 0.3) is 5.91 Å². The Bertz CT molecular complexity index is 546. The number of amides is 2. The third-order valence-electron chi connectivity index (χ3n) is 4.32. The first-order chi connectivity index (χ1) is 10.2. The Morgan fingerprint density at radius 2 is 2.14 bits per heavy atom. The normalized spacial score (nSPS) is 21.2. The molecule has 1 fully saturated rings. The summed E-state index contributed by atoms with van der Waals surface area (Å²) < 4.78 is 5.34. The van der Waals surface area contributed by atoms with E-state index in [2.05, 4.69) is 10.5 Å². The standard InChI is InChI=1S/C15H21N3O3/c1-2-13(19)16-10-5-6-12-11(9-10)14(17-21-12)15(20)18-7-3-4-8-18/h10H,2-9H2,1H3,(H,16,19). The van der Waals surface area contributed by atoms with E-state index in [1.807, 2.05) is 11.8 Å². The average Bonchev–Trinajstić information content (AvgIpc) is 3.15. The molecule has 3 rings (SSSR count). The Kier molecular flexibility index (Phi) is 3.94. The molecule has 1 unspecified atom stereocenters. The number of hydrogen-bond acceptors (Lipinski definition) is 4. The van der Waals surface area contributed by atoms with Crippen LogP contribution in [0.2, 0.25) is 0 Å². The van der Waals surface area contributed by atoms with E-state index < -0.39 is 0 Å². The quantitative estimate of drug-likeness (QED) is 0.910. The number of likely N-dealkylation sites (tertiary alicyclic amines) is 1. The van der Waals surface area contributed by atoms with E-state index in [-0.39, 0.29) is 17.9 Å². The Morgan fingerprint density at radius 3 is 2.86 bits per heavy atom. The van der Waals surface area contributed by atoms with Gasteiger partial charge in [-0.15, -0.1) is 0 Å². The Morgan fingerprint density at radius 1 is 1.38 bits per heavy atom. The van der Waals surface area contributed by atoms with Crippen molar-refractivity contribution in [2.24, 2.45) is 0 Å². The molecule has 1 N–H and O–H groups in total. The molecule has 6 heteroatoms. The molecule has 1 aromatic rings. The smallest absolute Gasteiger partial charge is 0.276 e. The third kappa shape index (κ3) is 2.80. The topological polar surface area (TPSA) is 75.4 Å². The summed E-state index contributed by atoms with van der Waals surface area (Å²) in [4.78, 5) is 25.9. The Balaban J connectivity index is 1.75. The highest BCUT2D eigenvalue weighted by Gasteiger charge is 2.31. The predicted octanol–water partition coefficient (Wildman–Crippen LogP) is 1.29. The molecule has 1 aromatic heterocycles. The Labute approximate surface area is 123 Å². The van der Waals surface area contributed by atoms with Gasteiger partial charge in [-0.05, 0) is 25.7 Å². The molecule has 114 valence electrons. The highest BCUT2D eigenvalue weighted by molar-refractivity contribution is 5.94. The summed E-state index contributed by atoms with van der Waals surface area (Å²) in [5.41, 5.74) is 1.34. The van der Waals surface area contributed by atoms with Crippen molar-refractivity contribution < 1.29 is 14.1 Å². The van der Waals surface area contributed by atoms with Crippen LogP contribution in [0.3, 0.4) is 0 Å². The molecule has 0 aromatic carbocycles. The van der Waals surface area contributed by atoms with Crippen molar-refractivity contribution in [1.29, 1.82) is 0 Å². The fourth-order valence-corrected chi connectivity index (χ4v) is 3.09. The van der Waals surface area contributed by atoms with Gasteiger partial charge in [0.15, 0.2) is 5.69 Å². The number of rotatable bonds is 3. The van der Waals surface area contributed by atoms with Gasteiger partial charge < -0.3 is 14.7 Å². The predicted molar refractivity (Wildman–Crippen MR) is 75.9 cm³/mol. The van der Waals surface area contributed by atoms with Gasteiger partial charge in [0.2, 0.25) is 5.91 Å². The molecule has 0 radical (unpaired) electrons. The first kappa shape index (κ1) is 14.1. The molecule has 2 amide bonds. The van der Waals surface area contributed by atoms with Crippen LogP contribution in [0, 0.1) is 0 Å². The number of nitrogens with zero attached hydrogens (tertiary/aromatic N) is 2. The second-order valence-corrected chi connectivity index (χ2v) is 5.79. The first-order valence-corrected chi connectivity index (χ1v) is 7.75. The van der Waals surface area contributed by atoms with Crippen molar-refractivity contribution >= 4 is 11.8 Å². The number of carbonyl (C=O) groups excluding carboxylic acids is 2. The molecule has 0 saturated carbocycles. The highest BCUT2D eigenvalue weighted by atomic mass is 16.5. The number of aryl methyl sites for hydroxylation is 1. The van der Waals surface area contributed by atoms with Crippen molar-refractivity contribution in [2.75, 3.05) is 13.1 Å². The summed E-state index contributed by atoms with van der Waals surface area (Å²) in [6, 6.07) is 0.0782. The fourth-order valence-electron chi connectivity index (χ4n) is 3.09. The lowest BCUT2D eigenvalue weighted by molar-refractivity contribution is -0.121. The maximum absolute atomic E-state index is 12.5. The molecule has 1 atom stereocenters. The van der Waals surface area contributed by atoms with Gasteiger partial charge in [-0.3, -0.25) is 9.59 Å².